The monoisotopic (exact) mass is 350 g/mol. The Morgan fingerprint density at radius 2 is 2.00 bits per heavy atom. The maximum Gasteiger partial charge on any atom is 0.237 e. The Morgan fingerprint density at radius 3 is 2.62 bits per heavy atom. The number of likely N-dealkylation sites (N-methyl/N-ethyl adjacent to an activating group) is 1. The van der Waals surface area contributed by atoms with Crippen molar-refractivity contribution < 1.29 is 13.2 Å². The van der Waals surface area contributed by atoms with E-state index in [1.54, 1.807) is 4.90 Å². The number of likely N-dealkylation sites (tertiary alicyclic amines) is 1. The first-order valence-corrected chi connectivity index (χ1v) is 10.6. The molecule has 0 bridgehead atoms. The van der Waals surface area contributed by atoms with Crippen molar-refractivity contribution in [3.63, 3.8) is 0 Å². The molecule has 1 aromatic rings. The van der Waals surface area contributed by atoms with Gasteiger partial charge in [0, 0.05) is 18.6 Å². The molecule has 0 aliphatic carbocycles. The maximum atomic E-state index is 12.8. The Balaban J connectivity index is 1.66. The molecular weight excluding hydrogens is 324 g/mol. The van der Waals surface area contributed by atoms with Crippen molar-refractivity contribution in [1.29, 1.82) is 0 Å². The minimum absolute atomic E-state index is 0.0578. The smallest absolute Gasteiger partial charge is 0.237 e. The SMILES string of the molecule is CCN(C(=O)CN1CCCC1c1ccccc1)C1CCS(=O)(=O)C1. The quantitative estimate of drug-likeness (QED) is 0.813. The molecule has 0 saturated carbocycles. The Morgan fingerprint density at radius 1 is 1.25 bits per heavy atom. The van der Waals surface area contributed by atoms with Crippen LogP contribution < -0.4 is 0 Å². The summed E-state index contributed by atoms with van der Waals surface area (Å²) in [5.41, 5.74) is 1.26. The predicted molar refractivity (Wildman–Crippen MR) is 94.4 cm³/mol. The van der Waals surface area contributed by atoms with Crippen molar-refractivity contribution in [2.45, 2.75) is 38.3 Å². The van der Waals surface area contributed by atoms with E-state index in [1.165, 1.54) is 5.56 Å². The number of rotatable bonds is 5. The molecule has 2 aliphatic rings. The van der Waals surface area contributed by atoms with Crippen molar-refractivity contribution in [2.24, 2.45) is 0 Å². The summed E-state index contributed by atoms with van der Waals surface area (Å²) >= 11 is 0. The lowest BCUT2D eigenvalue weighted by Crippen LogP contribution is -2.46. The van der Waals surface area contributed by atoms with Crippen LogP contribution in [0.5, 0.6) is 0 Å². The van der Waals surface area contributed by atoms with Gasteiger partial charge < -0.3 is 4.90 Å². The van der Waals surface area contributed by atoms with Crippen molar-refractivity contribution in [3.8, 4) is 0 Å². The van der Waals surface area contributed by atoms with Crippen LogP contribution >= 0.6 is 0 Å². The Labute approximate surface area is 144 Å². The molecule has 3 rings (SSSR count). The molecule has 0 spiro atoms. The molecule has 1 aromatic carbocycles. The molecule has 2 unspecified atom stereocenters. The summed E-state index contributed by atoms with van der Waals surface area (Å²) in [6, 6.07) is 10.5. The Hall–Kier alpha value is -1.40. The van der Waals surface area contributed by atoms with Gasteiger partial charge in [0.2, 0.25) is 5.91 Å². The lowest BCUT2D eigenvalue weighted by molar-refractivity contribution is -0.134. The van der Waals surface area contributed by atoms with Crippen molar-refractivity contribution in [3.05, 3.63) is 35.9 Å². The summed E-state index contributed by atoms with van der Waals surface area (Å²) in [5.74, 6) is 0.384. The molecule has 2 atom stereocenters. The van der Waals surface area contributed by atoms with Gasteiger partial charge in [-0.15, -0.1) is 0 Å². The minimum atomic E-state index is -2.97. The fraction of sp³-hybridized carbons (Fsp3) is 0.611. The fourth-order valence-electron chi connectivity index (χ4n) is 3.99. The van der Waals surface area contributed by atoms with Gasteiger partial charge in [0.05, 0.1) is 18.1 Å². The number of amides is 1. The number of sulfone groups is 1. The Bertz CT molecular complexity index is 675. The van der Waals surface area contributed by atoms with E-state index >= 15 is 0 Å². The van der Waals surface area contributed by atoms with Gasteiger partial charge in [0.25, 0.3) is 0 Å². The second-order valence-corrected chi connectivity index (χ2v) is 9.00. The van der Waals surface area contributed by atoms with E-state index in [0.717, 1.165) is 19.4 Å². The van der Waals surface area contributed by atoms with Crippen LogP contribution in [-0.2, 0) is 14.6 Å². The molecule has 2 fully saturated rings. The van der Waals surface area contributed by atoms with Gasteiger partial charge in [-0.25, -0.2) is 8.42 Å². The normalized spacial score (nSPS) is 26.5. The molecule has 24 heavy (non-hydrogen) atoms. The van der Waals surface area contributed by atoms with Crippen LogP contribution in [0.15, 0.2) is 30.3 Å². The highest BCUT2D eigenvalue weighted by Crippen LogP contribution is 2.31. The summed E-state index contributed by atoms with van der Waals surface area (Å²) in [7, 11) is -2.97. The lowest BCUT2D eigenvalue weighted by Gasteiger charge is -2.31. The van der Waals surface area contributed by atoms with Crippen LogP contribution in [0, 0.1) is 0 Å². The minimum Gasteiger partial charge on any atom is -0.338 e. The largest absolute Gasteiger partial charge is 0.338 e. The number of carbonyl (C=O) groups excluding carboxylic acids is 1. The summed E-state index contributed by atoms with van der Waals surface area (Å²) in [6.45, 7) is 3.81. The highest BCUT2D eigenvalue weighted by atomic mass is 32.2. The van der Waals surface area contributed by atoms with Gasteiger partial charge in [0.15, 0.2) is 9.84 Å². The third kappa shape index (κ3) is 3.81. The summed E-state index contributed by atoms with van der Waals surface area (Å²) in [4.78, 5) is 16.8. The van der Waals surface area contributed by atoms with Gasteiger partial charge in [-0.2, -0.15) is 0 Å². The van der Waals surface area contributed by atoms with Gasteiger partial charge >= 0.3 is 0 Å². The first-order valence-electron chi connectivity index (χ1n) is 8.79. The number of hydrogen-bond acceptors (Lipinski definition) is 4. The van der Waals surface area contributed by atoms with Crippen LogP contribution in [0.1, 0.15) is 37.8 Å². The first-order chi connectivity index (χ1) is 11.5. The van der Waals surface area contributed by atoms with E-state index in [2.05, 4.69) is 17.0 Å². The third-order valence-electron chi connectivity index (χ3n) is 5.20. The third-order valence-corrected chi connectivity index (χ3v) is 6.95. The first kappa shape index (κ1) is 17.4. The molecule has 0 radical (unpaired) electrons. The van der Waals surface area contributed by atoms with E-state index in [1.807, 2.05) is 25.1 Å². The highest BCUT2D eigenvalue weighted by molar-refractivity contribution is 7.91. The summed E-state index contributed by atoms with van der Waals surface area (Å²) in [5, 5.41) is 0. The average molecular weight is 350 g/mol. The standard InChI is InChI=1S/C18H26N2O3S/c1-2-20(16-10-12-24(22,23)14-16)18(21)13-19-11-6-9-17(19)15-7-4-3-5-8-15/h3-5,7-8,16-17H,2,6,9-14H2,1H3. The topological polar surface area (TPSA) is 57.7 Å². The molecule has 0 aromatic heterocycles. The van der Waals surface area contributed by atoms with Crippen molar-refractivity contribution >= 4 is 15.7 Å². The predicted octanol–water partition coefficient (Wildman–Crippen LogP) is 1.86. The van der Waals surface area contributed by atoms with E-state index in [4.69, 9.17) is 0 Å². The zero-order valence-electron chi connectivity index (χ0n) is 14.2. The second kappa shape index (κ2) is 7.23. The number of carbonyl (C=O) groups is 1. The Kier molecular flexibility index (Phi) is 5.25. The van der Waals surface area contributed by atoms with Crippen LogP contribution in [0.25, 0.3) is 0 Å². The van der Waals surface area contributed by atoms with E-state index in [9.17, 15) is 13.2 Å². The molecule has 2 heterocycles. The molecule has 5 nitrogen and oxygen atoms in total. The van der Waals surface area contributed by atoms with Crippen LogP contribution in [0.4, 0.5) is 0 Å². The number of benzene rings is 1. The fourth-order valence-corrected chi connectivity index (χ4v) is 5.72. The molecule has 2 saturated heterocycles. The molecule has 132 valence electrons. The molecule has 2 aliphatic heterocycles. The second-order valence-electron chi connectivity index (χ2n) is 6.78. The number of nitrogens with zero attached hydrogens (tertiary/aromatic N) is 2. The van der Waals surface area contributed by atoms with Gasteiger partial charge in [-0.3, -0.25) is 9.69 Å². The van der Waals surface area contributed by atoms with Crippen molar-refractivity contribution in [1.82, 2.24) is 9.80 Å². The van der Waals surface area contributed by atoms with Gasteiger partial charge in [0.1, 0.15) is 0 Å². The van der Waals surface area contributed by atoms with E-state index < -0.39 is 9.84 Å². The zero-order valence-corrected chi connectivity index (χ0v) is 15.0. The van der Waals surface area contributed by atoms with Gasteiger partial charge in [-0.1, -0.05) is 30.3 Å². The maximum absolute atomic E-state index is 12.8. The highest BCUT2D eigenvalue weighted by Gasteiger charge is 2.35. The van der Waals surface area contributed by atoms with Crippen LogP contribution in [0.2, 0.25) is 0 Å². The van der Waals surface area contributed by atoms with E-state index in [0.29, 0.717) is 25.6 Å². The molecular formula is C18H26N2O3S. The van der Waals surface area contributed by atoms with Crippen LogP contribution in [0.3, 0.4) is 0 Å². The molecule has 0 N–H and O–H groups in total. The summed E-state index contributed by atoms with van der Waals surface area (Å²) < 4.78 is 23.4. The zero-order chi connectivity index (χ0) is 17.2. The molecule has 6 heteroatoms. The van der Waals surface area contributed by atoms with Crippen LogP contribution in [-0.4, -0.2) is 61.3 Å². The lowest BCUT2D eigenvalue weighted by atomic mass is 10.0. The molecule has 1 amide bonds. The summed E-state index contributed by atoms with van der Waals surface area (Å²) in [6.07, 6.45) is 2.74. The average Bonchev–Trinajstić information content (AvgIpc) is 3.15. The number of hydrogen-bond donors (Lipinski definition) is 0. The van der Waals surface area contributed by atoms with Crippen molar-refractivity contribution in [2.75, 3.05) is 31.1 Å². The van der Waals surface area contributed by atoms with E-state index in [-0.39, 0.29) is 23.5 Å². The van der Waals surface area contributed by atoms with Gasteiger partial charge in [-0.05, 0) is 38.3 Å².